The molecule has 0 aliphatic heterocycles. The molecule has 1 N–H and O–H groups in total. The van der Waals surface area contributed by atoms with Crippen LogP contribution in [0.4, 0.5) is 5.69 Å². The lowest BCUT2D eigenvalue weighted by Gasteiger charge is -2.23. The van der Waals surface area contributed by atoms with Crippen LogP contribution in [0.25, 0.3) is 0 Å². The first kappa shape index (κ1) is 17.9. The van der Waals surface area contributed by atoms with Gasteiger partial charge in [0.15, 0.2) is 0 Å². The minimum Gasteiger partial charge on any atom is -0.384 e. The Bertz CT molecular complexity index is 509. The SMILES string of the molecule is CCCCN(CCCC)S(=O)(=O)c1cnccc1NCC. The van der Waals surface area contributed by atoms with Crippen molar-refractivity contribution >= 4 is 15.7 Å². The number of nitrogens with one attached hydrogen (secondary N) is 1. The molecule has 0 aliphatic rings. The van der Waals surface area contributed by atoms with Crippen molar-refractivity contribution in [1.82, 2.24) is 9.29 Å². The fourth-order valence-electron chi connectivity index (χ4n) is 2.08. The van der Waals surface area contributed by atoms with E-state index in [0.717, 1.165) is 25.7 Å². The van der Waals surface area contributed by atoms with Crippen molar-refractivity contribution in [3.8, 4) is 0 Å². The lowest BCUT2D eigenvalue weighted by Crippen LogP contribution is -2.33. The maximum absolute atomic E-state index is 12.9. The molecule has 120 valence electrons. The van der Waals surface area contributed by atoms with Gasteiger partial charge in [0.1, 0.15) is 4.90 Å². The van der Waals surface area contributed by atoms with Gasteiger partial charge in [0.05, 0.1) is 5.69 Å². The van der Waals surface area contributed by atoms with E-state index in [1.54, 1.807) is 16.6 Å². The van der Waals surface area contributed by atoms with Crippen LogP contribution in [0.3, 0.4) is 0 Å². The van der Waals surface area contributed by atoms with Crippen molar-refractivity contribution in [2.24, 2.45) is 0 Å². The Hall–Kier alpha value is -1.14. The molecule has 0 atom stereocenters. The summed E-state index contributed by atoms with van der Waals surface area (Å²) in [5.74, 6) is 0. The van der Waals surface area contributed by atoms with E-state index in [0.29, 0.717) is 25.3 Å². The molecule has 6 heteroatoms. The quantitative estimate of drug-likeness (QED) is 0.721. The number of hydrogen-bond donors (Lipinski definition) is 1. The Labute approximate surface area is 128 Å². The molecule has 0 radical (unpaired) electrons. The highest BCUT2D eigenvalue weighted by Gasteiger charge is 2.26. The molecule has 0 unspecified atom stereocenters. The molecule has 1 rings (SSSR count). The summed E-state index contributed by atoms with van der Waals surface area (Å²) in [4.78, 5) is 4.27. The molecule has 0 amide bonds. The summed E-state index contributed by atoms with van der Waals surface area (Å²) < 4.78 is 27.4. The summed E-state index contributed by atoms with van der Waals surface area (Å²) >= 11 is 0. The molecule has 0 bridgehead atoms. The Morgan fingerprint density at radius 2 is 1.76 bits per heavy atom. The van der Waals surface area contributed by atoms with Gasteiger partial charge in [0.2, 0.25) is 10.0 Å². The minimum absolute atomic E-state index is 0.277. The van der Waals surface area contributed by atoms with Crippen molar-refractivity contribution in [3.05, 3.63) is 18.5 Å². The Kier molecular flexibility index (Phi) is 7.67. The molecule has 1 aromatic heterocycles. The van der Waals surface area contributed by atoms with Gasteiger partial charge in [-0.15, -0.1) is 0 Å². The van der Waals surface area contributed by atoms with Crippen LogP contribution >= 0.6 is 0 Å². The molecule has 0 aromatic carbocycles. The standard InChI is InChI=1S/C15H27N3O2S/c1-4-7-11-18(12-8-5-2)21(19,20)15-13-16-10-9-14(15)17-6-3/h9-10,13H,4-8,11-12H2,1-3H3,(H,16,17). The first-order valence-corrected chi connectivity index (χ1v) is 9.19. The van der Waals surface area contributed by atoms with E-state index in [4.69, 9.17) is 0 Å². The third-order valence-electron chi connectivity index (χ3n) is 3.29. The van der Waals surface area contributed by atoms with Crippen LogP contribution in [-0.4, -0.2) is 37.3 Å². The van der Waals surface area contributed by atoms with Gasteiger partial charge < -0.3 is 5.32 Å². The van der Waals surface area contributed by atoms with Crippen LogP contribution in [0.5, 0.6) is 0 Å². The lowest BCUT2D eigenvalue weighted by atomic mass is 10.3. The third-order valence-corrected chi connectivity index (χ3v) is 5.22. The third kappa shape index (κ3) is 4.97. The zero-order valence-corrected chi connectivity index (χ0v) is 14.1. The molecular weight excluding hydrogens is 286 g/mol. The molecule has 0 saturated carbocycles. The fourth-order valence-corrected chi connectivity index (χ4v) is 3.71. The van der Waals surface area contributed by atoms with Gasteiger partial charge in [-0.05, 0) is 25.8 Å². The van der Waals surface area contributed by atoms with Crippen LogP contribution < -0.4 is 5.32 Å². The predicted molar refractivity (Wildman–Crippen MR) is 87.0 cm³/mol. The van der Waals surface area contributed by atoms with Crippen molar-refractivity contribution in [3.63, 3.8) is 0 Å². The molecule has 21 heavy (non-hydrogen) atoms. The van der Waals surface area contributed by atoms with E-state index in [1.807, 2.05) is 6.92 Å². The zero-order valence-electron chi connectivity index (χ0n) is 13.3. The van der Waals surface area contributed by atoms with Crippen molar-refractivity contribution in [2.75, 3.05) is 25.0 Å². The molecule has 0 fully saturated rings. The first-order valence-electron chi connectivity index (χ1n) is 7.75. The van der Waals surface area contributed by atoms with E-state index in [-0.39, 0.29) is 4.90 Å². The van der Waals surface area contributed by atoms with E-state index in [1.165, 1.54) is 6.20 Å². The van der Waals surface area contributed by atoms with Crippen LogP contribution in [0.15, 0.2) is 23.4 Å². The number of anilines is 1. The summed E-state index contributed by atoms with van der Waals surface area (Å²) in [6, 6.07) is 1.72. The number of aromatic nitrogens is 1. The molecule has 1 aromatic rings. The zero-order chi connectivity index (χ0) is 15.7. The smallest absolute Gasteiger partial charge is 0.246 e. The summed E-state index contributed by atoms with van der Waals surface area (Å²) in [6.07, 6.45) is 6.76. The van der Waals surface area contributed by atoms with Crippen molar-refractivity contribution in [2.45, 2.75) is 51.3 Å². The second-order valence-electron chi connectivity index (χ2n) is 5.01. The normalized spacial score (nSPS) is 11.8. The van der Waals surface area contributed by atoms with Gasteiger partial charge in [-0.1, -0.05) is 26.7 Å². The number of rotatable bonds is 10. The van der Waals surface area contributed by atoms with Gasteiger partial charge >= 0.3 is 0 Å². The second-order valence-corrected chi connectivity index (χ2v) is 6.92. The van der Waals surface area contributed by atoms with Gasteiger partial charge in [-0.2, -0.15) is 4.31 Å². The Balaban J connectivity index is 3.09. The van der Waals surface area contributed by atoms with E-state index >= 15 is 0 Å². The van der Waals surface area contributed by atoms with Crippen LogP contribution in [0.2, 0.25) is 0 Å². The molecule has 0 saturated heterocycles. The maximum Gasteiger partial charge on any atom is 0.246 e. The topological polar surface area (TPSA) is 62.3 Å². The number of nitrogens with zero attached hydrogens (tertiary/aromatic N) is 2. The van der Waals surface area contributed by atoms with Crippen LogP contribution in [0.1, 0.15) is 46.5 Å². The Morgan fingerprint density at radius 1 is 1.14 bits per heavy atom. The average molecular weight is 313 g/mol. The van der Waals surface area contributed by atoms with Crippen LogP contribution in [0, 0.1) is 0 Å². The molecular formula is C15H27N3O2S. The highest BCUT2D eigenvalue weighted by Crippen LogP contribution is 2.24. The van der Waals surface area contributed by atoms with E-state index in [9.17, 15) is 8.42 Å². The fraction of sp³-hybridized carbons (Fsp3) is 0.667. The Morgan fingerprint density at radius 3 is 2.29 bits per heavy atom. The summed E-state index contributed by atoms with van der Waals surface area (Å²) in [5, 5.41) is 3.10. The van der Waals surface area contributed by atoms with Gasteiger partial charge in [0, 0.05) is 32.0 Å². The number of sulfonamides is 1. The first-order chi connectivity index (χ1) is 10.1. The molecule has 5 nitrogen and oxygen atoms in total. The van der Waals surface area contributed by atoms with E-state index < -0.39 is 10.0 Å². The predicted octanol–water partition coefficient (Wildman–Crippen LogP) is 3.10. The highest BCUT2D eigenvalue weighted by atomic mass is 32.2. The molecule has 1 heterocycles. The van der Waals surface area contributed by atoms with Gasteiger partial charge in [-0.25, -0.2) is 8.42 Å². The molecule has 0 spiro atoms. The maximum atomic E-state index is 12.9. The number of hydrogen-bond acceptors (Lipinski definition) is 4. The number of unbranched alkanes of at least 4 members (excludes halogenated alkanes) is 2. The summed E-state index contributed by atoms with van der Waals surface area (Å²) in [6.45, 7) is 7.90. The molecule has 0 aliphatic carbocycles. The number of pyridine rings is 1. The lowest BCUT2D eigenvalue weighted by molar-refractivity contribution is 0.395. The van der Waals surface area contributed by atoms with Crippen molar-refractivity contribution < 1.29 is 8.42 Å². The monoisotopic (exact) mass is 313 g/mol. The largest absolute Gasteiger partial charge is 0.384 e. The second kappa shape index (κ2) is 9.00. The van der Waals surface area contributed by atoms with Crippen LogP contribution in [-0.2, 0) is 10.0 Å². The average Bonchev–Trinajstić information content (AvgIpc) is 2.48. The highest BCUT2D eigenvalue weighted by molar-refractivity contribution is 7.89. The minimum atomic E-state index is -3.49. The van der Waals surface area contributed by atoms with Gasteiger partial charge in [-0.3, -0.25) is 4.98 Å². The van der Waals surface area contributed by atoms with Gasteiger partial charge in [0.25, 0.3) is 0 Å². The summed E-state index contributed by atoms with van der Waals surface area (Å²) in [5.41, 5.74) is 0.630. The summed E-state index contributed by atoms with van der Waals surface area (Å²) in [7, 11) is -3.49. The van der Waals surface area contributed by atoms with Crippen molar-refractivity contribution in [1.29, 1.82) is 0 Å². The van der Waals surface area contributed by atoms with E-state index in [2.05, 4.69) is 24.1 Å².